The Kier molecular flexibility index (Phi) is 5.25. The predicted octanol–water partition coefficient (Wildman–Crippen LogP) is 4.24. The van der Waals surface area contributed by atoms with Gasteiger partial charge in [0.05, 0.1) is 11.2 Å². The van der Waals surface area contributed by atoms with Crippen LogP contribution in [0.3, 0.4) is 0 Å². The van der Waals surface area contributed by atoms with Crippen molar-refractivity contribution in [1.29, 1.82) is 5.26 Å². The van der Waals surface area contributed by atoms with Crippen molar-refractivity contribution in [3.63, 3.8) is 0 Å². The highest BCUT2D eigenvalue weighted by molar-refractivity contribution is 5.69. The highest BCUT2D eigenvalue weighted by Crippen LogP contribution is 2.45. The lowest BCUT2D eigenvalue weighted by molar-refractivity contribution is -0.0911. The van der Waals surface area contributed by atoms with Crippen LogP contribution in [0.1, 0.15) is 48.8 Å². The van der Waals surface area contributed by atoms with E-state index in [9.17, 15) is 14.3 Å². The standard InChI is InChI=1S/C23H23FN2O3/c24-21-17(14-25)8-4-11-20(21)23(28)12-18-9-5-10-19(13-23)26(18)22(27)29-15-16-6-2-1-3-7-16/h1-4,6-8,11,18-19,28H,5,9-10,12-13,15H2. The van der Waals surface area contributed by atoms with Crippen LogP contribution in [-0.2, 0) is 16.9 Å². The van der Waals surface area contributed by atoms with E-state index >= 15 is 0 Å². The molecule has 2 fully saturated rings. The Balaban J connectivity index is 1.53. The normalized spacial score (nSPS) is 25.9. The fourth-order valence-electron chi connectivity index (χ4n) is 4.72. The molecule has 5 nitrogen and oxygen atoms in total. The van der Waals surface area contributed by atoms with Gasteiger partial charge in [-0.25, -0.2) is 9.18 Å². The first kappa shape index (κ1) is 19.4. The Hall–Kier alpha value is -2.91. The minimum atomic E-state index is -1.40. The second kappa shape index (κ2) is 7.84. The van der Waals surface area contributed by atoms with Gasteiger partial charge in [0.15, 0.2) is 0 Å². The Morgan fingerprint density at radius 1 is 1.17 bits per heavy atom. The summed E-state index contributed by atoms with van der Waals surface area (Å²) in [5.74, 6) is -0.671. The molecule has 2 bridgehead atoms. The van der Waals surface area contributed by atoms with Crippen LogP contribution >= 0.6 is 0 Å². The largest absolute Gasteiger partial charge is 0.445 e. The number of carbonyl (C=O) groups is 1. The Bertz CT molecular complexity index is 927. The molecule has 0 aromatic heterocycles. The van der Waals surface area contributed by atoms with Gasteiger partial charge in [-0.15, -0.1) is 0 Å². The summed E-state index contributed by atoms with van der Waals surface area (Å²) in [6, 6.07) is 15.4. The molecule has 2 aliphatic rings. The third-order valence-corrected chi connectivity index (χ3v) is 6.04. The lowest BCUT2D eigenvalue weighted by Gasteiger charge is -2.51. The lowest BCUT2D eigenvalue weighted by atomic mass is 9.72. The molecule has 2 heterocycles. The molecule has 6 heteroatoms. The van der Waals surface area contributed by atoms with E-state index in [2.05, 4.69) is 0 Å². The van der Waals surface area contributed by atoms with Crippen LogP contribution in [0.4, 0.5) is 9.18 Å². The molecule has 2 aromatic rings. The number of fused-ring (bicyclic) bond motifs is 2. The first-order valence-corrected chi connectivity index (χ1v) is 9.92. The third-order valence-electron chi connectivity index (χ3n) is 6.04. The predicted molar refractivity (Wildman–Crippen MR) is 104 cm³/mol. The fraction of sp³-hybridized carbons (Fsp3) is 0.391. The number of benzene rings is 2. The fourth-order valence-corrected chi connectivity index (χ4v) is 4.72. The smallest absolute Gasteiger partial charge is 0.410 e. The van der Waals surface area contributed by atoms with Crippen molar-refractivity contribution < 1.29 is 19.0 Å². The summed E-state index contributed by atoms with van der Waals surface area (Å²) >= 11 is 0. The van der Waals surface area contributed by atoms with Crippen molar-refractivity contribution in [2.45, 2.75) is 56.4 Å². The monoisotopic (exact) mass is 394 g/mol. The van der Waals surface area contributed by atoms with Crippen LogP contribution < -0.4 is 0 Å². The van der Waals surface area contributed by atoms with E-state index < -0.39 is 17.5 Å². The van der Waals surface area contributed by atoms with Gasteiger partial charge in [-0.05, 0) is 30.9 Å². The molecule has 2 aliphatic heterocycles. The van der Waals surface area contributed by atoms with Gasteiger partial charge in [-0.2, -0.15) is 5.26 Å². The molecule has 2 saturated heterocycles. The zero-order valence-electron chi connectivity index (χ0n) is 16.1. The van der Waals surface area contributed by atoms with Crippen LogP contribution in [0.2, 0.25) is 0 Å². The minimum Gasteiger partial charge on any atom is -0.445 e. The number of hydrogen-bond acceptors (Lipinski definition) is 4. The van der Waals surface area contributed by atoms with Gasteiger partial charge < -0.3 is 14.7 Å². The second-order valence-corrected chi connectivity index (χ2v) is 7.90. The first-order valence-electron chi connectivity index (χ1n) is 9.92. The van der Waals surface area contributed by atoms with E-state index in [4.69, 9.17) is 10.00 Å². The Morgan fingerprint density at radius 2 is 1.86 bits per heavy atom. The quantitative estimate of drug-likeness (QED) is 0.845. The average molecular weight is 394 g/mol. The maximum Gasteiger partial charge on any atom is 0.410 e. The van der Waals surface area contributed by atoms with E-state index in [1.165, 1.54) is 12.1 Å². The van der Waals surface area contributed by atoms with E-state index in [1.807, 2.05) is 36.4 Å². The number of piperidine rings is 2. The van der Waals surface area contributed by atoms with Gasteiger partial charge in [0, 0.05) is 30.5 Å². The zero-order valence-corrected chi connectivity index (χ0v) is 16.1. The van der Waals surface area contributed by atoms with Crippen LogP contribution in [0.15, 0.2) is 48.5 Å². The van der Waals surface area contributed by atoms with Crippen molar-refractivity contribution in [1.82, 2.24) is 4.90 Å². The summed E-state index contributed by atoms with van der Waals surface area (Å²) < 4.78 is 20.3. The first-order chi connectivity index (χ1) is 14.0. The van der Waals surface area contributed by atoms with Crippen LogP contribution in [0.5, 0.6) is 0 Å². The van der Waals surface area contributed by atoms with E-state index in [1.54, 1.807) is 11.0 Å². The number of hydrogen-bond donors (Lipinski definition) is 1. The maximum atomic E-state index is 14.8. The highest BCUT2D eigenvalue weighted by Gasteiger charge is 2.49. The van der Waals surface area contributed by atoms with Crippen molar-refractivity contribution in [3.8, 4) is 6.07 Å². The van der Waals surface area contributed by atoms with Gasteiger partial charge >= 0.3 is 6.09 Å². The molecule has 1 N–H and O–H groups in total. The molecule has 0 saturated carbocycles. The molecule has 0 aliphatic carbocycles. The summed E-state index contributed by atoms with van der Waals surface area (Å²) in [6.07, 6.45) is 2.49. The van der Waals surface area contributed by atoms with Gasteiger partial charge in [0.2, 0.25) is 0 Å². The molecular weight excluding hydrogens is 371 g/mol. The molecule has 0 radical (unpaired) electrons. The van der Waals surface area contributed by atoms with Crippen molar-refractivity contribution in [3.05, 3.63) is 71.0 Å². The molecule has 2 atom stereocenters. The van der Waals surface area contributed by atoms with Gasteiger partial charge in [-0.3, -0.25) is 0 Å². The SMILES string of the molecule is N#Cc1cccc(C2(O)CC3CCCC(C2)N3C(=O)OCc2ccccc2)c1F. The molecule has 4 rings (SSSR count). The number of rotatable bonds is 3. The molecule has 2 aromatic carbocycles. The summed E-state index contributed by atoms with van der Waals surface area (Å²) in [5, 5.41) is 20.4. The summed E-state index contributed by atoms with van der Waals surface area (Å²) in [4.78, 5) is 14.5. The summed E-state index contributed by atoms with van der Waals surface area (Å²) in [6.45, 7) is 0.193. The third kappa shape index (κ3) is 3.70. The number of ether oxygens (including phenoxy) is 1. The van der Waals surface area contributed by atoms with Crippen molar-refractivity contribution >= 4 is 6.09 Å². The summed E-state index contributed by atoms with van der Waals surface area (Å²) in [5.41, 5.74) is -0.422. The second-order valence-electron chi connectivity index (χ2n) is 7.90. The summed E-state index contributed by atoms with van der Waals surface area (Å²) in [7, 11) is 0. The number of carbonyl (C=O) groups excluding carboxylic acids is 1. The van der Waals surface area contributed by atoms with E-state index in [-0.39, 0.29) is 42.7 Å². The number of nitrogens with zero attached hydrogens (tertiary/aromatic N) is 2. The van der Waals surface area contributed by atoms with Crippen LogP contribution in [-0.4, -0.2) is 28.2 Å². The maximum absolute atomic E-state index is 14.8. The lowest BCUT2D eigenvalue weighted by Crippen LogP contribution is -2.59. The van der Waals surface area contributed by atoms with E-state index in [0.717, 1.165) is 24.8 Å². The Morgan fingerprint density at radius 3 is 2.52 bits per heavy atom. The van der Waals surface area contributed by atoms with Crippen molar-refractivity contribution in [2.75, 3.05) is 0 Å². The van der Waals surface area contributed by atoms with E-state index in [0.29, 0.717) is 0 Å². The van der Waals surface area contributed by atoms with Gasteiger partial charge in [0.25, 0.3) is 0 Å². The highest BCUT2D eigenvalue weighted by atomic mass is 19.1. The van der Waals surface area contributed by atoms with Gasteiger partial charge in [-0.1, -0.05) is 42.5 Å². The molecule has 150 valence electrons. The minimum absolute atomic E-state index is 0.0780. The van der Waals surface area contributed by atoms with Crippen LogP contribution in [0.25, 0.3) is 0 Å². The number of amides is 1. The topological polar surface area (TPSA) is 73.6 Å². The Labute approximate surface area is 169 Å². The number of aliphatic hydroxyl groups is 1. The number of nitriles is 1. The van der Waals surface area contributed by atoms with Gasteiger partial charge in [0.1, 0.15) is 18.5 Å². The molecule has 2 unspecified atom stereocenters. The average Bonchev–Trinajstić information content (AvgIpc) is 2.72. The zero-order chi connectivity index (χ0) is 20.4. The molecular formula is C23H23FN2O3. The molecule has 0 spiro atoms. The van der Waals surface area contributed by atoms with Crippen LogP contribution in [0, 0.1) is 17.1 Å². The number of halogens is 1. The molecule has 1 amide bonds. The van der Waals surface area contributed by atoms with Crippen molar-refractivity contribution in [2.24, 2.45) is 0 Å². The molecule has 29 heavy (non-hydrogen) atoms.